The van der Waals surface area contributed by atoms with Gasteiger partial charge in [0, 0.05) is 28.2 Å². The minimum absolute atomic E-state index is 0.0552. The molecule has 1 amide bonds. The van der Waals surface area contributed by atoms with E-state index in [9.17, 15) is 13.2 Å². The number of halogens is 2. The highest BCUT2D eigenvalue weighted by Gasteiger charge is 2.28. The fourth-order valence-corrected chi connectivity index (χ4v) is 4.41. The Hall–Kier alpha value is -1.60. The van der Waals surface area contributed by atoms with Crippen molar-refractivity contribution >= 4 is 39.1 Å². The van der Waals surface area contributed by atoms with Gasteiger partial charge in [0.15, 0.2) is 0 Å². The van der Waals surface area contributed by atoms with Gasteiger partial charge in [0.2, 0.25) is 15.9 Å². The zero-order valence-corrected chi connectivity index (χ0v) is 18.4. The van der Waals surface area contributed by atoms with Gasteiger partial charge in [-0.05, 0) is 44.5 Å². The molecular formula is C20H24Cl2N2O3S. The summed E-state index contributed by atoms with van der Waals surface area (Å²) in [6, 6.07) is 11.4. The lowest BCUT2D eigenvalue weighted by Crippen LogP contribution is -2.43. The quantitative estimate of drug-likeness (QED) is 0.658. The summed E-state index contributed by atoms with van der Waals surface area (Å²) >= 11 is 12.5. The summed E-state index contributed by atoms with van der Waals surface area (Å²) in [5.41, 5.74) is 1.40. The van der Waals surface area contributed by atoms with Crippen LogP contribution in [0.15, 0.2) is 47.4 Å². The van der Waals surface area contributed by atoms with E-state index in [4.69, 9.17) is 23.2 Å². The second-order valence-corrected chi connectivity index (χ2v) is 9.42. The van der Waals surface area contributed by atoms with Crippen molar-refractivity contribution in [2.24, 2.45) is 0 Å². The van der Waals surface area contributed by atoms with Gasteiger partial charge in [-0.1, -0.05) is 53.9 Å². The monoisotopic (exact) mass is 442 g/mol. The van der Waals surface area contributed by atoms with Crippen LogP contribution in [0, 0.1) is 6.92 Å². The molecule has 5 nitrogen and oxygen atoms in total. The number of carbonyl (C=O) groups is 1. The molecular weight excluding hydrogens is 419 g/mol. The maximum Gasteiger partial charge on any atom is 0.243 e. The normalized spacial score (nSPS) is 12.8. The van der Waals surface area contributed by atoms with Gasteiger partial charge in [-0.2, -0.15) is 4.31 Å². The molecule has 28 heavy (non-hydrogen) atoms. The number of nitrogens with one attached hydrogen (secondary N) is 1. The van der Waals surface area contributed by atoms with Crippen LogP contribution < -0.4 is 5.32 Å². The van der Waals surface area contributed by atoms with E-state index < -0.39 is 10.0 Å². The predicted molar refractivity (Wildman–Crippen MR) is 113 cm³/mol. The van der Waals surface area contributed by atoms with Gasteiger partial charge >= 0.3 is 0 Å². The molecule has 0 heterocycles. The summed E-state index contributed by atoms with van der Waals surface area (Å²) in [5, 5.41) is 3.49. The summed E-state index contributed by atoms with van der Waals surface area (Å²) in [6.07, 6.45) is 0.743. The van der Waals surface area contributed by atoms with E-state index in [1.54, 1.807) is 30.3 Å². The highest BCUT2D eigenvalue weighted by Crippen LogP contribution is 2.28. The first-order valence-electron chi connectivity index (χ1n) is 8.94. The van der Waals surface area contributed by atoms with Crippen LogP contribution in [0.2, 0.25) is 10.0 Å². The molecule has 0 spiro atoms. The molecule has 1 N–H and O–H groups in total. The van der Waals surface area contributed by atoms with Crippen molar-refractivity contribution in [3.63, 3.8) is 0 Å². The molecule has 0 saturated heterocycles. The van der Waals surface area contributed by atoms with Crippen molar-refractivity contribution < 1.29 is 13.2 Å². The number of hydrogen-bond donors (Lipinski definition) is 1. The molecule has 0 aliphatic rings. The number of benzene rings is 2. The molecule has 0 unspecified atom stereocenters. The first-order valence-corrected chi connectivity index (χ1v) is 11.1. The molecule has 0 bridgehead atoms. The van der Waals surface area contributed by atoms with Crippen LogP contribution in [-0.2, 0) is 21.4 Å². The van der Waals surface area contributed by atoms with Gasteiger partial charge in [0.25, 0.3) is 0 Å². The lowest BCUT2D eigenvalue weighted by molar-refractivity contribution is -0.122. The van der Waals surface area contributed by atoms with Crippen molar-refractivity contribution in [1.82, 2.24) is 9.62 Å². The van der Waals surface area contributed by atoms with Crippen LogP contribution in [0.1, 0.15) is 31.4 Å². The average Bonchev–Trinajstić information content (AvgIpc) is 2.64. The van der Waals surface area contributed by atoms with Crippen molar-refractivity contribution in [2.45, 2.75) is 44.7 Å². The van der Waals surface area contributed by atoms with Gasteiger partial charge in [-0.25, -0.2) is 8.42 Å². The highest BCUT2D eigenvalue weighted by atomic mass is 35.5. The lowest BCUT2D eigenvalue weighted by Gasteiger charge is -2.24. The van der Waals surface area contributed by atoms with Gasteiger partial charge in [0.05, 0.1) is 11.4 Å². The van der Waals surface area contributed by atoms with Gasteiger partial charge in [0.1, 0.15) is 0 Å². The third kappa shape index (κ3) is 5.70. The first kappa shape index (κ1) is 22.7. The van der Waals surface area contributed by atoms with Crippen LogP contribution in [0.25, 0.3) is 0 Å². The van der Waals surface area contributed by atoms with Crippen LogP contribution in [0.3, 0.4) is 0 Å². The number of carbonyl (C=O) groups excluding carboxylic acids is 1. The molecule has 0 aliphatic heterocycles. The van der Waals surface area contributed by atoms with Crippen LogP contribution in [0.4, 0.5) is 0 Å². The summed E-state index contributed by atoms with van der Waals surface area (Å²) in [6.45, 7) is 5.24. The molecule has 0 saturated carbocycles. The van der Waals surface area contributed by atoms with Crippen molar-refractivity contribution in [2.75, 3.05) is 6.54 Å². The van der Waals surface area contributed by atoms with Crippen LogP contribution >= 0.6 is 23.2 Å². The molecule has 0 fully saturated rings. The Labute approximate surface area is 176 Å². The lowest BCUT2D eigenvalue weighted by atomic mass is 10.2. The molecule has 2 aromatic carbocycles. The molecule has 2 rings (SSSR count). The largest absolute Gasteiger partial charge is 0.353 e. The van der Waals surface area contributed by atoms with Crippen LogP contribution in [0.5, 0.6) is 0 Å². The number of nitrogens with zero attached hydrogens (tertiary/aromatic N) is 1. The van der Waals surface area contributed by atoms with E-state index in [1.807, 2.05) is 20.8 Å². The Morgan fingerprint density at radius 2 is 1.68 bits per heavy atom. The fraction of sp³-hybridized carbons (Fsp3) is 0.350. The third-order valence-corrected chi connectivity index (χ3v) is 6.91. The zero-order valence-electron chi connectivity index (χ0n) is 16.1. The topological polar surface area (TPSA) is 66.5 Å². The Morgan fingerprint density at radius 3 is 2.21 bits per heavy atom. The van der Waals surface area contributed by atoms with Crippen molar-refractivity contribution in [3.8, 4) is 0 Å². The molecule has 2 aromatic rings. The Kier molecular flexibility index (Phi) is 7.89. The fourth-order valence-electron chi connectivity index (χ4n) is 2.53. The van der Waals surface area contributed by atoms with E-state index >= 15 is 0 Å². The molecule has 0 aromatic heterocycles. The maximum absolute atomic E-state index is 13.2. The Bertz CT molecular complexity index is 911. The Morgan fingerprint density at radius 1 is 1.11 bits per heavy atom. The third-order valence-electron chi connectivity index (χ3n) is 4.39. The molecule has 8 heteroatoms. The van der Waals surface area contributed by atoms with E-state index in [1.165, 1.54) is 12.1 Å². The molecule has 1 atom stereocenters. The standard InChI is InChI=1S/C20H24Cl2N2O3S/c1-4-15(3)23-20(25)13-24(12-17-18(21)6-5-7-19(17)22)28(26,27)16-10-8-14(2)9-11-16/h5-11,15H,4,12-13H2,1-3H3,(H,23,25)/t15-/m1/s1. The SMILES string of the molecule is CC[C@@H](C)NC(=O)CN(Cc1c(Cl)cccc1Cl)S(=O)(=O)c1ccc(C)cc1. The van der Waals surface area contributed by atoms with Gasteiger partial charge in [-0.3, -0.25) is 4.79 Å². The molecule has 0 radical (unpaired) electrons. The number of aryl methyl sites for hydroxylation is 1. The van der Waals surface area contributed by atoms with E-state index in [0.717, 1.165) is 16.3 Å². The number of rotatable bonds is 8. The minimum atomic E-state index is -3.93. The van der Waals surface area contributed by atoms with Crippen molar-refractivity contribution in [3.05, 3.63) is 63.6 Å². The average molecular weight is 443 g/mol. The smallest absolute Gasteiger partial charge is 0.243 e. The number of amides is 1. The van der Waals surface area contributed by atoms with E-state index in [2.05, 4.69) is 5.32 Å². The summed E-state index contributed by atoms with van der Waals surface area (Å²) in [5.74, 6) is -0.381. The predicted octanol–water partition coefficient (Wildman–Crippen LogP) is 4.41. The zero-order chi connectivity index (χ0) is 20.9. The van der Waals surface area contributed by atoms with Crippen LogP contribution in [-0.4, -0.2) is 31.2 Å². The summed E-state index contributed by atoms with van der Waals surface area (Å²) in [4.78, 5) is 12.5. The summed E-state index contributed by atoms with van der Waals surface area (Å²) < 4.78 is 27.5. The second-order valence-electron chi connectivity index (χ2n) is 6.66. The second kappa shape index (κ2) is 9.74. The number of sulfonamides is 1. The van der Waals surface area contributed by atoms with Gasteiger partial charge in [-0.15, -0.1) is 0 Å². The van der Waals surface area contributed by atoms with E-state index in [-0.39, 0.29) is 29.9 Å². The van der Waals surface area contributed by atoms with E-state index in [0.29, 0.717) is 15.6 Å². The maximum atomic E-state index is 13.2. The molecule has 152 valence electrons. The van der Waals surface area contributed by atoms with Crippen molar-refractivity contribution in [1.29, 1.82) is 0 Å². The summed E-state index contributed by atoms with van der Waals surface area (Å²) in [7, 11) is -3.93. The highest BCUT2D eigenvalue weighted by molar-refractivity contribution is 7.89. The Balaban J connectivity index is 2.40. The first-order chi connectivity index (χ1) is 13.1. The number of hydrogen-bond acceptors (Lipinski definition) is 3. The van der Waals surface area contributed by atoms with Gasteiger partial charge < -0.3 is 5.32 Å². The minimum Gasteiger partial charge on any atom is -0.353 e. The molecule has 0 aliphatic carbocycles.